The Morgan fingerprint density at radius 3 is 2.20 bits per heavy atom. The molecule has 2 fully saturated rings. The number of hydrogen-bond acceptors (Lipinski definition) is 3. The van der Waals surface area contributed by atoms with Gasteiger partial charge in [0.25, 0.3) is 0 Å². The van der Waals surface area contributed by atoms with E-state index in [4.69, 9.17) is 10.6 Å². The van der Waals surface area contributed by atoms with Crippen LogP contribution in [0, 0.1) is 5.92 Å². The zero-order chi connectivity index (χ0) is 14.3. The lowest BCUT2D eigenvalue weighted by atomic mass is 9.77. The number of ether oxygens (including phenoxy) is 1. The predicted octanol–water partition coefficient (Wildman–Crippen LogP) is 3.92. The first kappa shape index (κ1) is 16.3. The van der Waals surface area contributed by atoms with E-state index < -0.39 is 0 Å². The minimum Gasteiger partial charge on any atom is -0.374 e. The van der Waals surface area contributed by atoms with Crippen LogP contribution in [0.15, 0.2) is 0 Å². The third-order valence-electron chi connectivity index (χ3n) is 5.51. The number of rotatable bonds is 6. The van der Waals surface area contributed by atoms with Crippen LogP contribution in [-0.2, 0) is 4.74 Å². The third kappa shape index (κ3) is 4.19. The average molecular weight is 282 g/mol. The van der Waals surface area contributed by atoms with Crippen LogP contribution in [0.3, 0.4) is 0 Å². The lowest BCUT2D eigenvalue weighted by molar-refractivity contribution is -0.0824. The van der Waals surface area contributed by atoms with Crippen LogP contribution in [0.25, 0.3) is 0 Å². The number of hydrogen-bond donors (Lipinski definition) is 2. The minimum atomic E-state index is -0.00253. The first-order valence-corrected chi connectivity index (χ1v) is 8.91. The Hall–Kier alpha value is -0.120. The van der Waals surface area contributed by atoms with Crippen LogP contribution in [0.5, 0.6) is 0 Å². The van der Waals surface area contributed by atoms with Crippen molar-refractivity contribution in [3.8, 4) is 0 Å². The summed E-state index contributed by atoms with van der Waals surface area (Å²) in [5.41, 5.74) is 3.14. The van der Waals surface area contributed by atoms with E-state index in [1.165, 1.54) is 77.0 Å². The fraction of sp³-hybridized carbons (Fsp3) is 1.00. The molecule has 0 radical (unpaired) electrons. The van der Waals surface area contributed by atoms with Crippen molar-refractivity contribution >= 4 is 0 Å². The van der Waals surface area contributed by atoms with Crippen molar-refractivity contribution in [2.45, 2.75) is 95.6 Å². The molecule has 0 amide bonds. The Kier molecular flexibility index (Phi) is 6.79. The second-order valence-electron chi connectivity index (χ2n) is 6.87. The average Bonchev–Trinajstić information content (AvgIpc) is 2.73. The standard InChI is InChI=1S/C17H34N2O/c1-2-20-17(12-8-3-4-9-13-17)16(19-18)14-15-10-6-5-7-11-15/h15-16,19H,2-14,18H2,1H3. The molecule has 0 saturated heterocycles. The van der Waals surface area contributed by atoms with E-state index in [9.17, 15) is 0 Å². The van der Waals surface area contributed by atoms with Gasteiger partial charge in [-0.25, -0.2) is 0 Å². The molecule has 0 aromatic rings. The lowest BCUT2D eigenvalue weighted by Gasteiger charge is -2.41. The summed E-state index contributed by atoms with van der Waals surface area (Å²) in [5, 5.41) is 0. The van der Waals surface area contributed by atoms with Gasteiger partial charge in [-0.2, -0.15) is 0 Å². The number of hydrazine groups is 1. The highest BCUT2D eigenvalue weighted by atomic mass is 16.5. The maximum absolute atomic E-state index is 6.30. The summed E-state index contributed by atoms with van der Waals surface area (Å²) in [4.78, 5) is 0. The normalized spacial score (nSPS) is 26.1. The number of nitrogens with one attached hydrogen (secondary N) is 1. The van der Waals surface area contributed by atoms with Crippen molar-refractivity contribution in [3.05, 3.63) is 0 Å². The van der Waals surface area contributed by atoms with E-state index in [-0.39, 0.29) is 5.60 Å². The lowest BCUT2D eigenvalue weighted by Crippen LogP contribution is -2.55. The van der Waals surface area contributed by atoms with Crippen LogP contribution in [0.4, 0.5) is 0 Å². The molecule has 2 saturated carbocycles. The van der Waals surface area contributed by atoms with Crippen molar-refractivity contribution < 1.29 is 4.74 Å². The van der Waals surface area contributed by atoms with Crippen molar-refractivity contribution in [1.29, 1.82) is 0 Å². The molecule has 3 N–H and O–H groups in total. The second kappa shape index (κ2) is 8.35. The molecule has 0 spiro atoms. The van der Waals surface area contributed by atoms with E-state index in [1.807, 2.05) is 0 Å². The first-order valence-electron chi connectivity index (χ1n) is 8.91. The van der Waals surface area contributed by atoms with Crippen LogP contribution >= 0.6 is 0 Å². The Labute approximate surface area is 125 Å². The second-order valence-corrected chi connectivity index (χ2v) is 6.87. The van der Waals surface area contributed by atoms with Gasteiger partial charge in [0.05, 0.1) is 11.6 Å². The molecular weight excluding hydrogens is 248 g/mol. The van der Waals surface area contributed by atoms with Gasteiger partial charge >= 0.3 is 0 Å². The van der Waals surface area contributed by atoms with Gasteiger partial charge in [0, 0.05) is 6.61 Å². The molecule has 2 aliphatic rings. The molecule has 3 nitrogen and oxygen atoms in total. The summed E-state index contributed by atoms with van der Waals surface area (Å²) in [7, 11) is 0. The zero-order valence-corrected chi connectivity index (χ0v) is 13.3. The van der Waals surface area contributed by atoms with Gasteiger partial charge < -0.3 is 4.74 Å². The highest BCUT2D eigenvalue weighted by molar-refractivity contribution is 4.95. The van der Waals surface area contributed by atoms with E-state index in [1.54, 1.807) is 0 Å². The van der Waals surface area contributed by atoms with Gasteiger partial charge in [-0.1, -0.05) is 57.8 Å². The van der Waals surface area contributed by atoms with Gasteiger partial charge in [0.2, 0.25) is 0 Å². The SMILES string of the molecule is CCOC1(C(CC2CCCCC2)NN)CCCCCC1. The Balaban J connectivity index is 2.02. The smallest absolute Gasteiger partial charge is 0.0848 e. The fourth-order valence-corrected chi connectivity index (χ4v) is 4.40. The molecule has 2 aliphatic carbocycles. The molecule has 20 heavy (non-hydrogen) atoms. The maximum atomic E-state index is 6.30. The molecule has 1 unspecified atom stereocenters. The maximum Gasteiger partial charge on any atom is 0.0848 e. The fourth-order valence-electron chi connectivity index (χ4n) is 4.40. The third-order valence-corrected chi connectivity index (χ3v) is 5.51. The summed E-state index contributed by atoms with van der Waals surface area (Å²) in [6.07, 6.45) is 15.9. The van der Waals surface area contributed by atoms with Crippen molar-refractivity contribution in [2.75, 3.05) is 6.61 Å². The molecule has 0 aliphatic heterocycles. The zero-order valence-electron chi connectivity index (χ0n) is 13.3. The van der Waals surface area contributed by atoms with Crippen LogP contribution in [0.1, 0.15) is 84.0 Å². The van der Waals surface area contributed by atoms with Crippen LogP contribution < -0.4 is 11.3 Å². The summed E-state index contributed by atoms with van der Waals surface area (Å²) in [6.45, 7) is 2.93. The highest BCUT2D eigenvalue weighted by Gasteiger charge is 2.40. The monoisotopic (exact) mass is 282 g/mol. The largest absolute Gasteiger partial charge is 0.374 e. The van der Waals surface area contributed by atoms with E-state index in [0.29, 0.717) is 6.04 Å². The molecule has 0 aromatic carbocycles. The van der Waals surface area contributed by atoms with E-state index in [2.05, 4.69) is 12.3 Å². The Bertz CT molecular complexity index is 256. The summed E-state index contributed by atoms with van der Waals surface area (Å²) in [5.74, 6) is 6.81. The van der Waals surface area contributed by atoms with E-state index in [0.717, 1.165) is 12.5 Å². The summed E-state index contributed by atoms with van der Waals surface area (Å²) >= 11 is 0. The van der Waals surface area contributed by atoms with Gasteiger partial charge in [0.1, 0.15) is 0 Å². The van der Waals surface area contributed by atoms with Crippen LogP contribution in [0.2, 0.25) is 0 Å². The molecular formula is C17H34N2O. The molecule has 0 bridgehead atoms. The Morgan fingerprint density at radius 1 is 1.05 bits per heavy atom. The molecule has 0 heterocycles. The van der Waals surface area contributed by atoms with Gasteiger partial charge in [0.15, 0.2) is 0 Å². The van der Waals surface area contributed by atoms with Crippen molar-refractivity contribution in [1.82, 2.24) is 5.43 Å². The van der Waals surface area contributed by atoms with Crippen LogP contribution in [-0.4, -0.2) is 18.2 Å². The molecule has 0 aromatic heterocycles. The topological polar surface area (TPSA) is 47.3 Å². The molecule has 1 atom stereocenters. The van der Waals surface area contributed by atoms with E-state index >= 15 is 0 Å². The van der Waals surface area contributed by atoms with Crippen molar-refractivity contribution in [3.63, 3.8) is 0 Å². The highest BCUT2D eigenvalue weighted by Crippen LogP contribution is 2.38. The summed E-state index contributed by atoms with van der Waals surface area (Å²) < 4.78 is 6.30. The summed E-state index contributed by atoms with van der Waals surface area (Å²) in [6, 6.07) is 0.337. The molecule has 3 heteroatoms. The molecule has 2 rings (SSSR count). The van der Waals surface area contributed by atoms with Crippen molar-refractivity contribution in [2.24, 2.45) is 11.8 Å². The van der Waals surface area contributed by atoms with Gasteiger partial charge in [-0.05, 0) is 32.1 Å². The number of nitrogens with two attached hydrogens (primary N) is 1. The quantitative estimate of drug-likeness (QED) is 0.441. The predicted molar refractivity (Wildman–Crippen MR) is 84.4 cm³/mol. The Morgan fingerprint density at radius 2 is 1.65 bits per heavy atom. The van der Waals surface area contributed by atoms with Gasteiger partial charge in [-0.15, -0.1) is 0 Å². The first-order chi connectivity index (χ1) is 9.80. The minimum absolute atomic E-state index is 0.00253. The molecule has 118 valence electrons. The van der Waals surface area contributed by atoms with Gasteiger partial charge in [-0.3, -0.25) is 11.3 Å².